The van der Waals surface area contributed by atoms with E-state index in [4.69, 9.17) is 0 Å². The smallest absolute Gasteiger partial charge is 0.317 e. The molecular formula is C13H24N2O. The maximum atomic E-state index is 12.1. The van der Waals surface area contributed by atoms with E-state index >= 15 is 0 Å². The maximum Gasteiger partial charge on any atom is 0.317 e. The van der Waals surface area contributed by atoms with E-state index in [1.807, 2.05) is 4.90 Å². The van der Waals surface area contributed by atoms with Gasteiger partial charge in [-0.2, -0.15) is 0 Å². The third-order valence-electron chi connectivity index (χ3n) is 4.01. The summed E-state index contributed by atoms with van der Waals surface area (Å²) in [5, 5.41) is 3.24. The zero-order valence-corrected chi connectivity index (χ0v) is 10.4. The van der Waals surface area contributed by atoms with Gasteiger partial charge in [0, 0.05) is 18.6 Å². The number of nitrogens with one attached hydrogen (secondary N) is 1. The molecule has 0 spiro atoms. The van der Waals surface area contributed by atoms with E-state index in [1.165, 1.54) is 38.5 Å². The molecule has 2 fully saturated rings. The van der Waals surface area contributed by atoms with E-state index in [1.54, 1.807) is 0 Å². The van der Waals surface area contributed by atoms with E-state index < -0.39 is 0 Å². The van der Waals surface area contributed by atoms with E-state index in [0.717, 1.165) is 25.9 Å². The van der Waals surface area contributed by atoms with Gasteiger partial charge in [0.15, 0.2) is 0 Å². The zero-order chi connectivity index (χ0) is 11.4. The number of nitrogens with zero attached hydrogens (tertiary/aromatic N) is 1. The molecule has 1 aliphatic heterocycles. The SMILES string of the molecule is CC1(NC(=O)N2CCCCCC2)CCCC1. The molecule has 2 rings (SSSR count). The Morgan fingerprint density at radius 2 is 1.56 bits per heavy atom. The molecule has 3 heteroatoms. The van der Waals surface area contributed by atoms with Crippen LogP contribution in [0.4, 0.5) is 4.79 Å². The van der Waals surface area contributed by atoms with Crippen molar-refractivity contribution in [2.45, 2.75) is 63.8 Å². The molecule has 16 heavy (non-hydrogen) atoms. The van der Waals surface area contributed by atoms with Gasteiger partial charge in [-0.1, -0.05) is 25.7 Å². The lowest BCUT2D eigenvalue weighted by molar-refractivity contribution is 0.186. The fraction of sp³-hybridized carbons (Fsp3) is 0.923. The molecule has 1 saturated heterocycles. The number of carbonyl (C=O) groups excluding carboxylic acids is 1. The molecule has 1 aliphatic carbocycles. The van der Waals surface area contributed by atoms with Crippen molar-refractivity contribution < 1.29 is 4.79 Å². The second-order valence-corrected chi connectivity index (χ2v) is 5.60. The van der Waals surface area contributed by atoms with Crippen LogP contribution in [0.3, 0.4) is 0 Å². The molecule has 0 atom stereocenters. The van der Waals surface area contributed by atoms with Crippen LogP contribution in [0, 0.1) is 0 Å². The first-order chi connectivity index (χ1) is 7.70. The molecule has 0 aromatic carbocycles. The predicted molar refractivity (Wildman–Crippen MR) is 65.4 cm³/mol. The molecule has 0 unspecified atom stereocenters. The highest BCUT2D eigenvalue weighted by molar-refractivity contribution is 5.75. The van der Waals surface area contributed by atoms with Gasteiger partial charge in [-0.05, 0) is 32.6 Å². The Kier molecular flexibility index (Phi) is 3.72. The summed E-state index contributed by atoms with van der Waals surface area (Å²) < 4.78 is 0. The van der Waals surface area contributed by atoms with E-state index in [9.17, 15) is 4.79 Å². The number of rotatable bonds is 1. The Morgan fingerprint density at radius 3 is 2.12 bits per heavy atom. The molecule has 92 valence electrons. The molecule has 0 bridgehead atoms. The number of hydrogen-bond acceptors (Lipinski definition) is 1. The van der Waals surface area contributed by atoms with Crippen LogP contribution in [-0.4, -0.2) is 29.6 Å². The largest absolute Gasteiger partial charge is 0.333 e. The number of carbonyl (C=O) groups is 1. The minimum Gasteiger partial charge on any atom is -0.333 e. The average molecular weight is 224 g/mol. The van der Waals surface area contributed by atoms with Gasteiger partial charge in [0.2, 0.25) is 0 Å². The van der Waals surface area contributed by atoms with Crippen LogP contribution in [0.15, 0.2) is 0 Å². The summed E-state index contributed by atoms with van der Waals surface area (Å²) >= 11 is 0. The van der Waals surface area contributed by atoms with Crippen molar-refractivity contribution in [1.29, 1.82) is 0 Å². The van der Waals surface area contributed by atoms with Crippen LogP contribution in [0.1, 0.15) is 58.3 Å². The quantitative estimate of drug-likeness (QED) is 0.729. The zero-order valence-electron chi connectivity index (χ0n) is 10.4. The Bertz CT molecular complexity index is 238. The van der Waals surface area contributed by atoms with Crippen LogP contribution in [0.5, 0.6) is 0 Å². The summed E-state index contributed by atoms with van der Waals surface area (Å²) in [6.07, 6.45) is 9.71. The van der Waals surface area contributed by atoms with Gasteiger partial charge < -0.3 is 10.2 Å². The Labute approximate surface area is 98.6 Å². The van der Waals surface area contributed by atoms with Crippen molar-refractivity contribution in [1.82, 2.24) is 10.2 Å². The molecule has 0 aromatic heterocycles. The Balaban J connectivity index is 1.86. The van der Waals surface area contributed by atoms with Crippen molar-refractivity contribution in [3.8, 4) is 0 Å². The monoisotopic (exact) mass is 224 g/mol. The van der Waals surface area contributed by atoms with Crippen LogP contribution in [0.2, 0.25) is 0 Å². The predicted octanol–water partition coefficient (Wildman–Crippen LogP) is 2.90. The number of urea groups is 1. The van der Waals surface area contributed by atoms with Gasteiger partial charge in [-0.15, -0.1) is 0 Å². The van der Waals surface area contributed by atoms with Gasteiger partial charge in [-0.3, -0.25) is 0 Å². The van der Waals surface area contributed by atoms with Crippen LogP contribution in [0.25, 0.3) is 0 Å². The molecule has 3 nitrogen and oxygen atoms in total. The van der Waals surface area contributed by atoms with E-state index in [-0.39, 0.29) is 11.6 Å². The molecular weight excluding hydrogens is 200 g/mol. The summed E-state index contributed by atoms with van der Waals surface area (Å²) in [5.74, 6) is 0. The van der Waals surface area contributed by atoms with Crippen LogP contribution < -0.4 is 5.32 Å². The molecule has 1 saturated carbocycles. The molecule has 0 radical (unpaired) electrons. The molecule has 0 aromatic rings. The van der Waals surface area contributed by atoms with Gasteiger partial charge in [0.1, 0.15) is 0 Å². The summed E-state index contributed by atoms with van der Waals surface area (Å²) in [5.41, 5.74) is 0.0728. The van der Waals surface area contributed by atoms with Crippen molar-refractivity contribution in [3.05, 3.63) is 0 Å². The summed E-state index contributed by atoms with van der Waals surface area (Å²) in [6, 6.07) is 0.173. The number of amides is 2. The van der Waals surface area contributed by atoms with Gasteiger partial charge in [-0.25, -0.2) is 4.79 Å². The van der Waals surface area contributed by atoms with E-state index in [0.29, 0.717) is 0 Å². The third kappa shape index (κ3) is 2.89. The second-order valence-electron chi connectivity index (χ2n) is 5.60. The lowest BCUT2D eigenvalue weighted by Crippen LogP contribution is -2.50. The summed E-state index contributed by atoms with van der Waals surface area (Å²) in [6.45, 7) is 4.08. The highest BCUT2D eigenvalue weighted by Crippen LogP contribution is 2.29. The molecule has 2 amide bonds. The van der Waals surface area contributed by atoms with E-state index in [2.05, 4.69) is 12.2 Å². The van der Waals surface area contributed by atoms with Gasteiger partial charge >= 0.3 is 6.03 Å². The van der Waals surface area contributed by atoms with Crippen molar-refractivity contribution in [2.24, 2.45) is 0 Å². The first-order valence-corrected chi connectivity index (χ1v) is 6.77. The highest BCUT2D eigenvalue weighted by atomic mass is 16.2. The summed E-state index contributed by atoms with van der Waals surface area (Å²) in [4.78, 5) is 14.1. The normalized spacial score (nSPS) is 25.2. The highest BCUT2D eigenvalue weighted by Gasteiger charge is 2.31. The van der Waals surface area contributed by atoms with Gasteiger partial charge in [0.05, 0.1) is 0 Å². The fourth-order valence-electron chi connectivity index (χ4n) is 2.89. The standard InChI is InChI=1S/C13H24N2O/c1-13(8-4-5-9-13)14-12(16)15-10-6-2-3-7-11-15/h2-11H2,1H3,(H,14,16). The fourth-order valence-corrected chi connectivity index (χ4v) is 2.89. The molecule has 1 N–H and O–H groups in total. The topological polar surface area (TPSA) is 32.3 Å². The average Bonchev–Trinajstić information content (AvgIpc) is 2.56. The van der Waals surface area contributed by atoms with Gasteiger partial charge in [0.25, 0.3) is 0 Å². The summed E-state index contributed by atoms with van der Waals surface area (Å²) in [7, 11) is 0. The third-order valence-corrected chi connectivity index (χ3v) is 4.01. The first kappa shape index (κ1) is 11.7. The lowest BCUT2D eigenvalue weighted by atomic mass is 10.0. The second kappa shape index (κ2) is 5.07. The molecule has 1 heterocycles. The van der Waals surface area contributed by atoms with Crippen LogP contribution >= 0.6 is 0 Å². The molecule has 2 aliphatic rings. The minimum atomic E-state index is 0.0728. The number of hydrogen-bond donors (Lipinski definition) is 1. The van der Waals surface area contributed by atoms with Crippen molar-refractivity contribution in [3.63, 3.8) is 0 Å². The maximum absolute atomic E-state index is 12.1. The Morgan fingerprint density at radius 1 is 1.00 bits per heavy atom. The van der Waals surface area contributed by atoms with Crippen molar-refractivity contribution in [2.75, 3.05) is 13.1 Å². The number of likely N-dealkylation sites (tertiary alicyclic amines) is 1. The van der Waals surface area contributed by atoms with Crippen LogP contribution in [-0.2, 0) is 0 Å². The Hall–Kier alpha value is -0.730. The minimum absolute atomic E-state index is 0.0728. The first-order valence-electron chi connectivity index (χ1n) is 6.77. The van der Waals surface area contributed by atoms with Crippen molar-refractivity contribution >= 4 is 6.03 Å². The lowest BCUT2D eigenvalue weighted by Gasteiger charge is -2.30.